The van der Waals surface area contributed by atoms with Gasteiger partial charge in [-0.3, -0.25) is 4.72 Å². The van der Waals surface area contributed by atoms with E-state index in [9.17, 15) is 21.6 Å². The van der Waals surface area contributed by atoms with Gasteiger partial charge in [0.15, 0.2) is 11.5 Å². The fourth-order valence-corrected chi connectivity index (χ4v) is 5.86. The van der Waals surface area contributed by atoms with Crippen molar-refractivity contribution in [3.8, 4) is 17.2 Å². The second kappa shape index (κ2) is 11.0. The molecule has 1 aliphatic heterocycles. The minimum absolute atomic E-state index is 0.0358. The van der Waals surface area contributed by atoms with E-state index in [1.165, 1.54) is 31.0 Å². The van der Waals surface area contributed by atoms with E-state index in [0.717, 1.165) is 28.0 Å². The zero-order valence-corrected chi connectivity index (χ0v) is 22.5. The van der Waals surface area contributed by atoms with Crippen molar-refractivity contribution < 1.29 is 35.8 Å². The smallest absolute Gasteiger partial charge is 0.419 e. The average Bonchev–Trinajstić information content (AvgIpc) is 3.29. The lowest BCUT2D eigenvalue weighted by Gasteiger charge is -2.27. The lowest BCUT2D eigenvalue weighted by molar-refractivity contribution is -0.139. The molecule has 0 aliphatic carbocycles. The first-order valence-corrected chi connectivity index (χ1v) is 13.9. The number of alkyl halides is 3. The van der Waals surface area contributed by atoms with Crippen LogP contribution in [0.5, 0.6) is 17.2 Å². The molecule has 204 valence electrons. The molecule has 0 unspecified atom stereocenters. The molecule has 3 aromatic rings. The van der Waals surface area contributed by atoms with Crippen LogP contribution in [-0.4, -0.2) is 41.3 Å². The minimum atomic E-state index is -4.66. The molecule has 12 heteroatoms. The maximum atomic E-state index is 13.6. The van der Waals surface area contributed by atoms with E-state index < -0.39 is 33.1 Å². The summed E-state index contributed by atoms with van der Waals surface area (Å²) in [6.07, 6.45) is -4.13. The number of methoxy groups -OCH3 is 2. The van der Waals surface area contributed by atoms with Gasteiger partial charge in [0.2, 0.25) is 0 Å². The van der Waals surface area contributed by atoms with Crippen LogP contribution in [0, 0.1) is 0 Å². The first kappa shape index (κ1) is 27.9. The Labute approximate surface area is 223 Å². The molecule has 1 aliphatic rings. The number of hydrogen-bond acceptors (Lipinski definition) is 7. The molecule has 1 fully saturated rings. The van der Waals surface area contributed by atoms with Gasteiger partial charge in [0, 0.05) is 28.8 Å². The Morgan fingerprint density at radius 3 is 2.21 bits per heavy atom. The van der Waals surface area contributed by atoms with Gasteiger partial charge < -0.3 is 19.5 Å². The number of rotatable bonds is 9. The van der Waals surface area contributed by atoms with E-state index in [0.29, 0.717) is 31.0 Å². The molecule has 0 saturated carbocycles. The average molecular weight is 569 g/mol. The highest BCUT2D eigenvalue weighted by Gasteiger charge is 2.38. The summed E-state index contributed by atoms with van der Waals surface area (Å²) < 4.78 is 85.5. The summed E-state index contributed by atoms with van der Waals surface area (Å²) in [7, 11) is -0.991. The summed E-state index contributed by atoms with van der Waals surface area (Å²) in [6.45, 7) is 2.71. The van der Waals surface area contributed by atoms with Crippen LogP contribution in [0.15, 0.2) is 75.4 Å². The van der Waals surface area contributed by atoms with E-state index in [4.69, 9.17) is 14.2 Å². The predicted octanol–water partition coefficient (Wildman–Crippen LogP) is 5.81. The molecular formula is C26H27F3N2O5S2. The van der Waals surface area contributed by atoms with E-state index in [-0.39, 0.29) is 10.6 Å². The normalized spacial score (nSPS) is 17.7. The van der Waals surface area contributed by atoms with E-state index in [1.807, 2.05) is 12.1 Å². The van der Waals surface area contributed by atoms with Gasteiger partial charge in [-0.25, -0.2) is 8.42 Å². The Morgan fingerprint density at radius 1 is 0.921 bits per heavy atom. The molecule has 0 amide bonds. The molecule has 38 heavy (non-hydrogen) atoms. The van der Waals surface area contributed by atoms with Crippen LogP contribution in [0.25, 0.3) is 0 Å². The van der Waals surface area contributed by atoms with E-state index in [1.54, 1.807) is 32.2 Å². The minimum Gasteiger partial charge on any atom is -0.493 e. The number of anilines is 1. The summed E-state index contributed by atoms with van der Waals surface area (Å²) in [6, 6.07) is 14.5. The van der Waals surface area contributed by atoms with Crippen molar-refractivity contribution in [2.45, 2.75) is 39.8 Å². The summed E-state index contributed by atoms with van der Waals surface area (Å²) in [5.41, 5.74) is -1.84. The summed E-state index contributed by atoms with van der Waals surface area (Å²) in [5.74, 6) is 0.736. The van der Waals surface area contributed by atoms with Gasteiger partial charge >= 0.3 is 6.18 Å². The zero-order chi connectivity index (χ0) is 27.6. The van der Waals surface area contributed by atoms with Crippen LogP contribution in [0.3, 0.4) is 0 Å². The third-order valence-electron chi connectivity index (χ3n) is 5.95. The Kier molecular flexibility index (Phi) is 8.05. The standard InChI is InChI=1S/C26H27F3N2O5S2/c1-25(12-13-30-16-25)36-23-14-17(4-10-21(23)26(27,28)29)31-38(32,33)20-8-5-18(6-9-20)37-19-7-11-22(34-2)24(15-19)35-3/h4-11,14-15,30-31H,12-13,16H2,1-3H3/t25-/m1/s1. The highest BCUT2D eigenvalue weighted by Crippen LogP contribution is 2.40. The number of hydrogen-bond donors (Lipinski definition) is 2. The van der Waals surface area contributed by atoms with Crippen LogP contribution in [-0.2, 0) is 16.2 Å². The molecule has 1 atom stereocenters. The molecule has 1 heterocycles. The molecule has 3 aromatic carbocycles. The molecule has 4 rings (SSSR count). The van der Waals surface area contributed by atoms with E-state index >= 15 is 0 Å². The molecule has 0 spiro atoms. The molecule has 0 aromatic heterocycles. The van der Waals surface area contributed by atoms with Crippen LogP contribution in [0.1, 0.15) is 18.9 Å². The fraction of sp³-hybridized carbons (Fsp3) is 0.308. The third-order valence-corrected chi connectivity index (χ3v) is 8.34. The maximum Gasteiger partial charge on any atom is 0.419 e. The number of nitrogens with one attached hydrogen (secondary N) is 2. The Morgan fingerprint density at radius 2 is 1.61 bits per heavy atom. The van der Waals surface area contributed by atoms with Crippen molar-refractivity contribution in [2.24, 2.45) is 0 Å². The van der Waals surface area contributed by atoms with Crippen molar-refractivity contribution in [3.05, 3.63) is 66.2 Å². The van der Waals surface area contributed by atoms with Crippen molar-refractivity contribution >= 4 is 27.5 Å². The summed E-state index contributed by atoms with van der Waals surface area (Å²) in [5, 5.41) is 3.06. The van der Waals surface area contributed by atoms with Gasteiger partial charge in [0.1, 0.15) is 11.4 Å². The second-order valence-electron chi connectivity index (χ2n) is 8.88. The number of halogens is 3. The first-order chi connectivity index (χ1) is 17.9. The molecule has 7 nitrogen and oxygen atoms in total. The van der Waals surface area contributed by atoms with Gasteiger partial charge in [-0.2, -0.15) is 13.2 Å². The molecule has 0 bridgehead atoms. The lowest BCUT2D eigenvalue weighted by atomic mass is 10.1. The van der Waals surface area contributed by atoms with Crippen molar-refractivity contribution in [2.75, 3.05) is 32.0 Å². The highest BCUT2D eigenvalue weighted by atomic mass is 32.2. The van der Waals surface area contributed by atoms with Gasteiger partial charge in [-0.1, -0.05) is 11.8 Å². The van der Waals surface area contributed by atoms with E-state index in [2.05, 4.69) is 10.0 Å². The Hall–Kier alpha value is -3.09. The van der Waals surface area contributed by atoms with Crippen LogP contribution < -0.4 is 24.2 Å². The van der Waals surface area contributed by atoms with Crippen LogP contribution in [0.2, 0.25) is 0 Å². The first-order valence-electron chi connectivity index (χ1n) is 11.6. The van der Waals surface area contributed by atoms with Gasteiger partial charge in [-0.15, -0.1) is 0 Å². The topological polar surface area (TPSA) is 85.9 Å². The van der Waals surface area contributed by atoms with Crippen molar-refractivity contribution in [3.63, 3.8) is 0 Å². The molecular weight excluding hydrogens is 541 g/mol. The SMILES string of the molecule is COc1ccc(Sc2ccc(S(=O)(=O)Nc3ccc(C(F)(F)F)c(O[C@]4(C)CCNC4)c3)cc2)cc1OC. The molecule has 2 N–H and O–H groups in total. The monoisotopic (exact) mass is 568 g/mol. The lowest BCUT2D eigenvalue weighted by Crippen LogP contribution is -2.35. The van der Waals surface area contributed by atoms with Gasteiger partial charge in [0.05, 0.1) is 30.4 Å². The van der Waals surface area contributed by atoms with Crippen molar-refractivity contribution in [1.82, 2.24) is 5.32 Å². The Balaban J connectivity index is 1.53. The highest BCUT2D eigenvalue weighted by molar-refractivity contribution is 7.99. The quantitative estimate of drug-likeness (QED) is 0.337. The number of ether oxygens (including phenoxy) is 3. The van der Waals surface area contributed by atoms with Crippen LogP contribution >= 0.6 is 11.8 Å². The van der Waals surface area contributed by atoms with Gasteiger partial charge in [0.25, 0.3) is 10.0 Å². The van der Waals surface area contributed by atoms with Crippen LogP contribution in [0.4, 0.5) is 18.9 Å². The number of sulfonamides is 1. The fourth-order valence-electron chi connectivity index (χ4n) is 3.97. The maximum absolute atomic E-state index is 13.6. The predicted molar refractivity (Wildman–Crippen MR) is 139 cm³/mol. The summed E-state index contributed by atoms with van der Waals surface area (Å²) >= 11 is 1.40. The molecule has 1 saturated heterocycles. The second-order valence-corrected chi connectivity index (χ2v) is 11.7. The molecule has 0 radical (unpaired) electrons. The zero-order valence-electron chi connectivity index (χ0n) is 20.9. The third kappa shape index (κ3) is 6.48. The van der Waals surface area contributed by atoms with Gasteiger partial charge in [-0.05, 0) is 68.1 Å². The summed E-state index contributed by atoms with van der Waals surface area (Å²) in [4.78, 5) is 1.60. The largest absolute Gasteiger partial charge is 0.493 e. The Bertz CT molecular complexity index is 1390. The van der Waals surface area contributed by atoms with Crippen molar-refractivity contribution in [1.29, 1.82) is 0 Å². The number of benzene rings is 3.